The minimum atomic E-state index is 0.309. The minimum Gasteiger partial charge on any atom is -0.396 e. The number of hydrogen-bond donors (Lipinski definition) is 2. The van der Waals surface area contributed by atoms with Gasteiger partial charge >= 0.3 is 0 Å². The highest BCUT2D eigenvalue weighted by Gasteiger charge is 2.04. The van der Waals surface area contributed by atoms with Crippen molar-refractivity contribution >= 4 is 10.9 Å². The summed E-state index contributed by atoms with van der Waals surface area (Å²) in [5.74, 6) is 0. The average Bonchev–Trinajstić information content (AvgIpc) is 2.71. The van der Waals surface area contributed by atoms with Gasteiger partial charge in [0.05, 0.1) is 0 Å². The maximum Gasteiger partial charge on any atom is 0.0481 e. The smallest absolute Gasteiger partial charge is 0.0481 e. The van der Waals surface area contributed by atoms with Gasteiger partial charge in [0.25, 0.3) is 0 Å². The Hall–Kier alpha value is -1.32. The van der Waals surface area contributed by atoms with Gasteiger partial charge in [-0.25, -0.2) is 0 Å². The number of nitrogens with one attached hydrogen (secondary N) is 1. The van der Waals surface area contributed by atoms with Gasteiger partial charge in [-0.15, -0.1) is 0 Å². The second-order valence-electron chi connectivity index (χ2n) is 4.74. The molecule has 0 aliphatic carbocycles. The second-order valence-corrected chi connectivity index (χ2v) is 4.74. The quantitative estimate of drug-likeness (QED) is 0.736. The van der Waals surface area contributed by atoms with Crippen LogP contribution < -0.4 is 5.32 Å². The molecule has 1 heterocycles. The standard InChI is InChI=1S/C15H22N2O/c1-17-12-13(11-16-9-5-2-6-10-18)14-7-3-4-8-15(14)17/h3-4,7-8,12,16,18H,2,5-6,9-11H2,1H3. The Morgan fingerprint density at radius 3 is 2.83 bits per heavy atom. The van der Waals surface area contributed by atoms with Gasteiger partial charge in [0.15, 0.2) is 0 Å². The fourth-order valence-corrected chi connectivity index (χ4v) is 2.33. The molecule has 2 N–H and O–H groups in total. The van der Waals surface area contributed by atoms with E-state index in [1.165, 1.54) is 16.5 Å². The SMILES string of the molecule is Cn1cc(CNCCCCCO)c2ccccc21. The molecule has 0 spiro atoms. The molecule has 1 aromatic carbocycles. The van der Waals surface area contributed by atoms with Crippen LogP contribution in [0.25, 0.3) is 10.9 Å². The van der Waals surface area contributed by atoms with E-state index in [1.54, 1.807) is 0 Å². The Labute approximate surface area is 108 Å². The predicted molar refractivity (Wildman–Crippen MR) is 75.6 cm³/mol. The molecule has 3 heteroatoms. The number of para-hydroxylation sites is 1. The summed E-state index contributed by atoms with van der Waals surface area (Å²) in [6.07, 6.45) is 5.34. The molecule has 0 radical (unpaired) electrons. The molecule has 0 aliphatic heterocycles. The van der Waals surface area contributed by atoms with Crippen molar-refractivity contribution < 1.29 is 5.11 Å². The van der Waals surface area contributed by atoms with Crippen molar-refractivity contribution in [2.24, 2.45) is 7.05 Å². The molecule has 2 aromatic rings. The highest BCUT2D eigenvalue weighted by atomic mass is 16.2. The molecule has 3 nitrogen and oxygen atoms in total. The summed E-state index contributed by atoms with van der Waals surface area (Å²) in [4.78, 5) is 0. The summed E-state index contributed by atoms with van der Waals surface area (Å²) in [6.45, 7) is 2.24. The average molecular weight is 246 g/mol. The summed E-state index contributed by atoms with van der Waals surface area (Å²) in [5.41, 5.74) is 2.64. The van der Waals surface area contributed by atoms with Gasteiger partial charge in [-0.2, -0.15) is 0 Å². The van der Waals surface area contributed by atoms with Crippen LogP contribution in [0, 0.1) is 0 Å². The van der Waals surface area contributed by atoms with Crippen LogP contribution in [-0.4, -0.2) is 22.8 Å². The van der Waals surface area contributed by atoms with E-state index >= 15 is 0 Å². The monoisotopic (exact) mass is 246 g/mol. The van der Waals surface area contributed by atoms with Gasteiger partial charge in [-0.3, -0.25) is 0 Å². The van der Waals surface area contributed by atoms with Crippen molar-refractivity contribution in [2.75, 3.05) is 13.2 Å². The number of benzene rings is 1. The Morgan fingerprint density at radius 1 is 1.17 bits per heavy atom. The van der Waals surface area contributed by atoms with Gasteiger partial charge in [0.2, 0.25) is 0 Å². The van der Waals surface area contributed by atoms with Gasteiger partial charge in [-0.1, -0.05) is 18.2 Å². The molecule has 0 aliphatic rings. The molecule has 0 unspecified atom stereocenters. The fourth-order valence-electron chi connectivity index (χ4n) is 2.33. The molecule has 98 valence electrons. The minimum absolute atomic E-state index is 0.309. The number of aliphatic hydroxyl groups excluding tert-OH is 1. The molecule has 18 heavy (non-hydrogen) atoms. The number of hydrogen-bond acceptors (Lipinski definition) is 2. The lowest BCUT2D eigenvalue weighted by Gasteiger charge is -2.03. The van der Waals surface area contributed by atoms with Gasteiger partial charge in [-0.05, 0) is 37.4 Å². The van der Waals surface area contributed by atoms with Crippen molar-refractivity contribution in [1.29, 1.82) is 0 Å². The summed E-state index contributed by atoms with van der Waals surface area (Å²) in [6, 6.07) is 8.50. The number of rotatable bonds is 7. The van der Waals surface area contributed by atoms with Crippen molar-refractivity contribution in [3.05, 3.63) is 36.0 Å². The molecular weight excluding hydrogens is 224 g/mol. The van der Waals surface area contributed by atoms with E-state index in [-0.39, 0.29) is 0 Å². The number of fused-ring (bicyclic) bond motifs is 1. The van der Waals surface area contributed by atoms with Crippen LogP contribution in [0.3, 0.4) is 0 Å². The largest absolute Gasteiger partial charge is 0.396 e. The molecule has 1 aromatic heterocycles. The van der Waals surface area contributed by atoms with E-state index in [1.807, 2.05) is 0 Å². The molecule has 0 fully saturated rings. The first-order valence-corrected chi connectivity index (χ1v) is 6.67. The molecule has 0 saturated heterocycles. The first kappa shape index (κ1) is 13.1. The van der Waals surface area contributed by atoms with Crippen LogP contribution in [0.4, 0.5) is 0 Å². The maximum absolute atomic E-state index is 8.70. The first-order chi connectivity index (χ1) is 8.83. The predicted octanol–water partition coefficient (Wildman–Crippen LogP) is 2.43. The molecule has 0 atom stereocenters. The van der Waals surface area contributed by atoms with E-state index in [0.29, 0.717) is 6.61 Å². The van der Waals surface area contributed by atoms with E-state index < -0.39 is 0 Å². The Balaban J connectivity index is 1.88. The normalized spacial score (nSPS) is 11.2. The molecule has 0 amide bonds. The molecule has 0 bridgehead atoms. The van der Waals surface area contributed by atoms with Crippen LogP contribution in [0.15, 0.2) is 30.5 Å². The zero-order chi connectivity index (χ0) is 12.8. The van der Waals surface area contributed by atoms with Crippen LogP contribution in [0.5, 0.6) is 0 Å². The summed E-state index contributed by atoms with van der Waals surface area (Å²) >= 11 is 0. The number of aryl methyl sites for hydroxylation is 1. The number of nitrogens with zero attached hydrogens (tertiary/aromatic N) is 1. The fraction of sp³-hybridized carbons (Fsp3) is 0.467. The van der Waals surface area contributed by atoms with Gasteiger partial charge in [0, 0.05) is 37.3 Å². The topological polar surface area (TPSA) is 37.2 Å². The van der Waals surface area contributed by atoms with Crippen molar-refractivity contribution in [3.8, 4) is 0 Å². The van der Waals surface area contributed by atoms with E-state index in [0.717, 1.165) is 32.4 Å². The third-order valence-electron chi connectivity index (χ3n) is 3.31. The summed E-state index contributed by atoms with van der Waals surface area (Å²) < 4.78 is 2.18. The maximum atomic E-state index is 8.70. The van der Waals surface area contributed by atoms with Gasteiger partial charge < -0.3 is 15.0 Å². The van der Waals surface area contributed by atoms with Crippen molar-refractivity contribution in [2.45, 2.75) is 25.8 Å². The zero-order valence-electron chi connectivity index (χ0n) is 11.0. The molecule has 0 saturated carbocycles. The van der Waals surface area contributed by atoms with Crippen molar-refractivity contribution in [1.82, 2.24) is 9.88 Å². The Morgan fingerprint density at radius 2 is 2.00 bits per heavy atom. The summed E-state index contributed by atoms with van der Waals surface area (Å²) in [5, 5.41) is 13.5. The number of aromatic nitrogens is 1. The summed E-state index contributed by atoms with van der Waals surface area (Å²) in [7, 11) is 2.09. The third kappa shape index (κ3) is 3.12. The number of unbranched alkanes of at least 4 members (excludes halogenated alkanes) is 2. The molecule has 2 rings (SSSR count). The van der Waals surface area contributed by atoms with E-state index in [9.17, 15) is 0 Å². The zero-order valence-corrected chi connectivity index (χ0v) is 11.0. The third-order valence-corrected chi connectivity index (χ3v) is 3.31. The number of aliphatic hydroxyl groups is 1. The van der Waals surface area contributed by atoms with Gasteiger partial charge in [0.1, 0.15) is 0 Å². The van der Waals surface area contributed by atoms with E-state index in [4.69, 9.17) is 5.11 Å². The first-order valence-electron chi connectivity index (χ1n) is 6.67. The lowest BCUT2D eigenvalue weighted by molar-refractivity contribution is 0.283. The van der Waals surface area contributed by atoms with Crippen LogP contribution in [0.2, 0.25) is 0 Å². The van der Waals surface area contributed by atoms with Crippen molar-refractivity contribution in [3.63, 3.8) is 0 Å². The van der Waals surface area contributed by atoms with Crippen LogP contribution in [-0.2, 0) is 13.6 Å². The van der Waals surface area contributed by atoms with Crippen LogP contribution >= 0.6 is 0 Å². The van der Waals surface area contributed by atoms with E-state index in [2.05, 4.69) is 47.4 Å². The Bertz CT molecular complexity index is 490. The second kappa shape index (κ2) is 6.57. The highest BCUT2D eigenvalue weighted by molar-refractivity contribution is 5.83. The van der Waals surface area contributed by atoms with Crippen LogP contribution in [0.1, 0.15) is 24.8 Å². The lowest BCUT2D eigenvalue weighted by Crippen LogP contribution is -2.14. The lowest BCUT2D eigenvalue weighted by atomic mass is 10.2. The molecular formula is C15H22N2O. The Kier molecular flexibility index (Phi) is 4.79. The highest BCUT2D eigenvalue weighted by Crippen LogP contribution is 2.19.